The Hall–Kier alpha value is -0.580. The second kappa shape index (κ2) is 6.15. The van der Waals surface area contributed by atoms with E-state index >= 15 is 0 Å². The highest BCUT2D eigenvalue weighted by Crippen LogP contribution is 1.80. The van der Waals surface area contributed by atoms with Crippen LogP contribution in [0, 0.1) is 0 Å². The van der Waals surface area contributed by atoms with E-state index in [2.05, 4.69) is 9.97 Å². The zero-order valence-electron chi connectivity index (χ0n) is 5.61. The molecule has 0 saturated heterocycles. The van der Waals surface area contributed by atoms with E-state index in [0.717, 1.165) is 0 Å². The SMILES string of the molecule is Cl.Cl.NCc1c[nH]c(=O)cn1. The Bertz CT molecular complexity index is 229. The number of rotatable bonds is 1. The lowest BCUT2D eigenvalue weighted by Gasteiger charge is -1.89. The third kappa shape index (κ3) is 3.98. The topological polar surface area (TPSA) is 71.8 Å². The van der Waals surface area contributed by atoms with Crippen LogP contribution in [0.1, 0.15) is 5.69 Å². The van der Waals surface area contributed by atoms with Crippen molar-refractivity contribution < 1.29 is 0 Å². The quantitative estimate of drug-likeness (QED) is 0.670. The lowest BCUT2D eigenvalue weighted by Crippen LogP contribution is -2.08. The fraction of sp³-hybridized carbons (Fsp3) is 0.200. The van der Waals surface area contributed by atoms with Crippen molar-refractivity contribution in [2.75, 3.05) is 0 Å². The third-order valence-corrected chi connectivity index (χ3v) is 0.938. The molecule has 1 aromatic rings. The maximum absolute atomic E-state index is 10.4. The first-order chi connectivity index (χ1) is 4.33. The van der Waals surface area contributed by atoms with E-state index in [0.29, 0.717) is 12.2 Å². The number of nitrogens with zero attached hydrogens (tertiary/aromatic N) is 1. The number of nitrogens with one attached hydrogen (secondary N) is 1. The Balaban J connectivity index is 0. The maximum atomic E-state index is 10.4. The smallest absolute Gasteiger partial charge is 0.266 e. The number of hydrogen-bond acceptors (Lipinski definition) is 3. The molecule has 0 fully saturated rings. The summed E-state index contributed by atoms with van der Waals surface area (Å²) in [5.41, 5.74) is 5.70. The molecule has 0 aliphatic rings. The van der Waals surface area contributed by atoms with Crippen molar-refractivity contribution in [3.05, 3.63) is 28.4 Å². The molecular formula is C5H9Cl2N3O. The van der Waals surface area contributed by atoms with Gasteiger partial charge in [0.2, 0.25) is 0 Å². The molecule has 0 unspecified atom stereocenters. The minimum atomic E-state index is -0.202. The predicted molar refractivity (Wildman–Crippen MR) is 47.2 cm³/mol. The molecule has 3 N–H and O–H groups in total. The van der Waals surface area contributed by atoms with Crippen LogP contribution >= 0.6 is 24.8 Å². The van der Waals surface area contributed by atoms with Crippen LogP contribution in [0.25, 0.3) is 0 Å². The molecule has 1 rings (SSSR count). The van der Waals surface area contributed by atoms with Gasteiger partial charge in [-0.25, -0.2) is 0 Å². The van der Waals surface area contributed by atoms with Gasteiger partial charge in [-0.2, -0.15) is 0 Å². The van der Waals surface area contributed by atoms with Crippen LogP contribution < -0.4 is 11.3 Å². The largest absolute Gasteiger partial charge is 0.326 e. The molecule has 0 bridgehead atoms. The zero-order chi connectivity index (χ0) is 6.69. The van der Waals surface area contributed by atoms with Crippen molar-refractivity contribution in [3.8, 4) is 0 Å². The van der Waals surface area contributed by atoms with Crippen molar-refractivity contribution in [3.63, 3.8) is 0 Å². The molecule has 0 aliphatic carbocycles. The van der Waals surface area contributed by atoms with Gasteiger partial charge in [0, 0.05) is 12.7 Å². The van der Waals surface area contributed by atoms with Crippen molar-refractivity contribution in [1.29, 1.82) is 0 Å². The summed E-state index contributed by atoms with van der Waals surface area (Å²) in [4.78, 5) is 16.6. The van der Waals surface area contributed by atoms with E-state index in [1.165, 1.54) is 12.4 Å². The predicted octanol–water partition coefficient (Wildman–Crippen LogP) is 0.0722. The number of aromatic nitrogens is 2. The molecule has 0 radical (unpaired) electrons. The molecule has 1 heterocycles. The number of H-pyrrole nitrogens is 1. The summed E-state index contributed by atoms with van der Waals surface area (Å²) in [6, 6.07) is 0. The average Bonchev–Trinajstić information content (AvgIpc) is 1.90. The molecule has 0 aliphatic heterocycles. The van der Waals surface area contributed by atoms with E-state index in [1.807, 2.05) is 0 Å². The first-order valence-electron chi connectivity index (χ1n) is 2.56. The molecule has 1 aromatic heterocycles. The summed E-state index contributed by atoms with van der Waals surface area (Å²) >= 11 is 0. The summed E-state index contributed by atoms with van der Waals surface area (Å²) in [5, 5.41) is 0. The lowest BCUT2D eigenvalue weighted by atomic mass is 10.5. The number of nitrogens with two attached hydrogens (primary N) is 1. The average molecular weight is 198 g/mol. The number of aromatic amines is 1. The van der Waals surface area contributed by atoms with Gasteiger partial charge in [-0.15, -0.1) is 24.8 Å². The van der Waals surface area contributed by atoms with Gasteiger partial charge in [0.25, 0.3) is 5.56 Å². The fourth-order valence-electron chi connectivity index (χ4n) is 0.482. The van der Waals surface area contributed by atoms with Crippen LogP contribution in [-0.4, -0.2) is 9.97 Å². The monoisotopic (exact) mass is 197 g/mol. The summed E-state index contributed by atoms with van der Waals surface area (Å²) in [6.45, 7) is 0.358. The van der Waals surface area contributed by atoms with Gasteiger partial charge >= 0.3 is 0 Å². The lowest BCUT2D eigenvalue weighted by molar-refractivity contribution is 0.950. The van der Waals surface area contributed by atoms with E-state index in [1.54, 1.807) is 0 Å². The molecule has 0 spiro atoms. The van der Waals surface area contributed by atoms with Crippen LogP contribution in [0.3, 0.4) is 0 Å². The van der Waals surface area contributed by atoms with Gasteiger partial charge in [0.15, 0.2) is 0 Å². The Kier molecular flexibility index (Phi) is 7.29. The highest BCUT2D eigenvalue weighted by Gasteiger charge is 1.86. The van der Waals surface area contributed by atoms with Gasteiger partial charge in [-0.3, -0.25) is 9.78 Å². The highest BCUT2D eigenvalue weighted by atomic mass is 35.5. The molecule has 4 nitrogen and oxygen atoms in total. The second-order valence-corrected chi connectivity index (χ2v) is 1.61. The number of halogens is 2. The normalized spacial score (nSPS) is 7.73. The van der Waals surface area contributed by atoms with E-state index in [9.17, 15) is 4.79 Å². The van der Waals surface area contributed by atoms with Gasteiger partial charge in [-0.1, -0.05) is 0 Å². The number of hydrogen-bond donors (Lipinski definition) is 2. The summed E-state index contributed by atoms with van der Waals surface area (Å²) in [6.07, 6.45) is 2.71. The van der Waals surface area contributed by atoms with Crippen LogP contribution in [0.5, 0.6) is 0 Å². The molecule has 64 valence electrons. The molecule has 11 heavy (non-hydrogen) atoms. The van der Waals surface area contributed by atoms with Crippen LogP contribution in [0.4, 0.5) is 0 Å². The Morgan fingerprint density at radius 1 is 1.55 bits per heavy atom. The summed E-state index contributed by atoms with van der Waals surface area (Å²) in [7, 11) is 0. The molecule has 0 saturated carbocycles. The first-order valence-corrected chi connectivity index (χ1v) is 2.56. The standard InChI is InChI=1S/C5H7N3O.2ClH/c6-1-4-2-8-5(9)3-7-4;;/h2-3H,1,6H2,(H,8,9);2*1H. The van der Waals surface area contributed by atoms with E-state index < -0.39 is 0 Å². The maximum Gasteiger partial charge on any atom is 0.266 e. The Morgan fingerprint density at radius 3 is 2.55 bits per heavy atom. The molecule has 0 aromatic carbocycles. The van der Waals surface area contributed by atoms with Gasteiger partial charge in [0.05, 0.1) is 11.9 Å². The fourth-order valence-corrected chi connectivity index (χ4v) is 0.482. The Morgan fingerprint density at radius 2 is 2.18 bits per heavy atom. The Labute approximate surface area is 76.0 Å². The van der Waals surface area contributed by atoms with Crippen molar-refractivity contribution in [2.24, 2.45) is 5.73 Å². The molecule has 0 atom stereocenters. The minimum Gasteiger partial charge on any atom is -0.326 e. The molecule has 6 heteroatoms. The summed E-state index contributed by atoms with van der Waals surface area (Å²) < 4.78 is 0. The second-order valence-electron chi connectivity index (χ2n) is 1.61. The third-order valence-electron chi connectivity index (χ3n) is 0.938. The summed E-state index contributed by atoms with van der Waals surface area (Å²) in [5.74, 6) is 0. The van der Waals surface area contributed by atoms with Crippen LogP contribution in [0.2, 0.25) is 0 Å². The first kappa shape index (κ1) is 13.0. The van der Waals surface area contributed by atoms with Crippen molar-refractivity contribution in [2.45, 2.75) is 6.54 Å². The van der Waals surface area contributed by atoms with E-state index in [-0.39, 0.29) is 30.4 Å². The van der Waals surface area contributed by atoms with Gasteiger partial charge in [0.1, 0.15) is 0 Å². The van der Waals surface area contributed by atoms with Gasteiger partial charge < -0.3 is 10.7 Å². The molecule has 0 amide bonds. The highest BCUT2D eigenvalue weighted by molar-refractivity contribution is 5.85. The van der Waals surface area contributed by atoms with Crippen LogP contribution in [-0.2, 0) is 6.54 Å². The van der Waals surface area contributed by atoms with Crippen molar-refractivity contribution >= 4 is 24.8 Å². The van der Waals surface area contributed by atoms with Gasteiger partial charge in [-0.05, 0) is 0 Å². The van der Waals surface area contributed by atoms with Crippen LogP contribution in [0.15, 0.2) is 17.2 Å². The minimum absolute atomic E-state index is 0. The zero-order valence-corrected chi connectivity index (χ0v) is 7.24. The van der Waals surface area contributed by atoms with Crippen molar-refractivity contribution in [1.82, 2.24) is 9.97 Å². The molecular weight excluding hydrogens is 189 g/mol. The van der Waals surface area contributed by atoms with E-state index in [4.69, 9.17) is 5.73 Å².